The minimum absolute atomic E-state index is 0.0200. The summed E-state index contributed by atoms with van der Waals surface area (Å²) in [5.74, 6) is 0.0848. The monoisotopic (exact) mass is 296 g/mol. The third-order valence-corrected chi connectivity index (χ3v) is 6.35. The Morgan fingerprint density at radius 3 is 2.57 bits per heavy atom. The van der Waals surface area contributed by atoms with Crippen LogP contribution in [-0.4, -0.2) is 42.4 Å². The average Bonchev–Trinajstić information content (AvgIpc) is 2.77. The number of amides is 1. The fraction of sp³-hybridized carbons (Fsp3) is 0.938. The van der Waals surface area contributed by atoms with E-state index in [1.807, 2.05) is 13.8 Å². The van der Waals surface area contributed by atoms with Crippen molar-refractivity contribution in [2.24, 2.45) is 17.1 Å². The molecular formula is C16H28N2O3. The van der Waals surface area contributed by atoms with Gasteiger partial charge in [-0.1, -0.05) is 13.8 Å². The molecule has 3 rings (SSSR count). The molecule has 1 aliphatic carbocycles. The van der Waals surface area contributed by atoms with Crippen molar-refractivity contribution in [3.05, 3.63) is 0 Å². The second-order valence-electron chi connectivity index (χ2n) is 7.77. The lowest BCUT2D eigenvalue weighted by Gasteiger charge is -2.65. The van der Waals surface area contributed by atoms with E-state index in [4.69, 9.17) is 15.2 Å². The summed E-state index contributed by atoms with van der Waals surface area (Å²) in [6.07, 6.45) is 2.92. The van der Waals surface area contributed by atoms with E-state index in [1.54, 1.807) is 0 Å². The molecule has 2 saturated heterocycles. The zero-order chi connectivity index (χ0) is 15.5. The van der Waals surface area contributed by atoms with Crippen LogP contribution in [0.1, 0.15) is 47.0 Å². The third-order valence-electron chi connectivity index (χ3n) is 6.35. The van der Waals surface area contributed by atoms with E-state index >= 15 is 0 Å². The van der Waals surface area contributed by atoms with Crippen molar-refractivity contribution >= 4 is 5.91 Å². The number of hydrogen-bond acceptors (Lipinski definition) is 4. The van der Waals surface area contributed by atoms with Crippen molar-refractivity contribution in [3.63, 3.8) is 0 Å². The normalized spacial score (nSPS) is 48.3. The first-order chi connectivity index (χ1) is 9.73. The van der Waals surface area contributed by atoms with Gasteiger partial charge in [-0.05, 0) is 33.1 Å². The van der Waals surface area contributed by atoms with Crippen LogP contribution in [0, 0.1) is 11.3 Å². The highest BCUT2D eigenvalue weighted by Crippen LogP contribution is 2.57. The van der Waals surface area contributed by atoms with Crippen molar-refractivity contribution in [1.29, 1.82) is 0 Å². The number of carbonyl (C=O) groups excluding carboxylic acids is 1. The molecule has 5 nitrogen and oxygen atoms in total. The lowest BCUT2D eigenvalue weighted by atomic mass is 9.46. The molecule has 1 saturated carbocycles. The molecule has 0 aromatic rings. The summed E-state index contributed by atoms with van der Waals surface area (Å²) < 4.78 is 11.5. The Balaban J connectivity index is 1.80. The van der Waals surface area contributed by atoms with E-state index in [2.05, 4.69) is 19.2 Å². The average molecular weight is 296 g/mol. The van der Waals surface area contributed by atoms with Gasteiger partial charge < -0.3 is 20.5 Å². The first kappa shape index (κ1) is 15.3. The van der Waals surface area contributed by atoms with Gasteiger partial charge in [-0.25, -0.2) is 0 Å². The summed E-state index contributed by atoms with van der Waals surface area (Å²) in [7, 11) is 0. The van der Waals surface area contributed by atoms with Gasteiger partial charge in [-0.15, -0.1) is 0 Å². The molecule has 1 amide bonds. The predicted octanol–water partition coefficient (Wildman–Crippen LogP) is 1.20. The van der Waals surface area contributed by atoms with Crippen molar-refractivity contribution < 1.29 is 14.3 Å². The molecule has 0 spiro atoms. The van der Waals surface area contributed by atoms with Crippen LogP contribution < -0.4 is 11.1 Å². The lowest BCUT2D eigenvalue weighted by Crippen LogP contribution is -2.83. The molecule has 21 heavy (non-hydrogen) atoms. The standard InChI is InChI=1S/C16H28N2O3/c1-10-15(4,7-9-20-10)18-13(19)16(17)11-6-5-8-21-12(11)14(16,2)3/h10-12H,5-9,17H2,1-4H3,(H,18,19). The molecule has 5 heteroatoms. The van der Waals surface area contributed by atoms with Crippen LogP contribution >= 0.6 is 0 Å². The van der Waals surface area contributed by atoms with Crippen LogP contribution in [0.2, 0.25) is 0 Å². The van der Waals surface area contributed by atoms with E-state index in [9.17, 15) is 4.79 Å². The van der Waals surface area contributed by atoms with Crippen molar-refractivity contribution in [3.8, 4) is 0 Å². The number of carbonyl (C=O) groups is 1. The van der Waals surface area contributed by atoms with Crippen LogP contribution in [0.5, 0.6) is 0 Å². The number of nitrogens with two attached hydrogens (primary N) is 1. The third kappa shape index (κ3) is 1.90. The van der Waals surface area contributed by atoms with Crippen LogP contribution in [0.4, 0.5) is 0 Å². The Kier molecular flexibility index (Phi) is 3.39. The largest absolute Gasteiger partial charge is 0.377 e. The molecular weight excluding hydrogens is 268 g/mol. The summed E-state index contributed by atoms with van der Waals surface area (Å²) >= 11 is 0. The fourth-order valence-electron chi connectivity index (χ4n) is 4.40. The smallest absolute Gasteiger partial charge is 0.241 e. The molecule has 120 valence electrons. The van der Waals surface area contributed by atoms with Gasteiger partial charge in [-0.3, -0.25) is 4.79 Å². The maximum Gasteiger partial charge on any atom is 0.241 e. The Morgan fingerprint density at radius 1 is 1.24 bits per heavy atom. The van der Waals surface area contributed by atoms with E-state index < -0.39 is 5.54 Å². The maximum absolute atomic E-state index is 13.0. The Bertz CT molecular complexity index is 453. The molecule has 0 bridgehead atoms. The number of rotatable bonds is 2. The Morgan fingerprint density at radius 2 is 1.95 bits per heavy atom. The summed E-state index contributed by atoms with van der Waals surface area (Å²) in [5, 5.41) is 3.19. The van der Waals surface area contributed by atoms with Gasteiger partial charge in [-0.2, -0.15) is 0 Å². The quantitative estimate of drug-likeness (QED) is 0.803. The topological polar surface area (TPSA) is 73.6 Å². The first-order valence-corrected chi connectivity index (χ1v) is 8.08. The van der Waals surface area contributed by atoms with Gasteiger partial charge in [0, 0.05) is 24.5 Å². The van der Waals surface area contributed by atoms with Crippen molar-refractivity contribution in [2.45, 2.75) is 70.2 Å². The van der Waals surface area contributed by atoms with Crippen LogP contribution in [0.15, 0.2) is 0 Å². The first-order valence-electron chi connectivity index (χ1n) is 8.08. The van der Waals surface area contributed by atoms with E-state index in [0.717, 1.165) is 25.9 Å². The highest BCUT2D eigenvalue weighted by Gasteiger charge is 2.70. The second-order valence-corrected chi connectivity index (χ2v) is 7.77. The van der Waals surface area contributed by atoms with Crippen LogP contribution in [0.3, 0.4) is 0 Å². The minimum atomic E-state index is -0.844. The molecule has 5 atom stereocenters. The number of nitrogens with one attached hydrogen (secondary N) is 1. The molecule has 3 fully saturated rings. The molecule has 3 aliphatic rings. The van der Waals surface area contributed by atoms with Crippen LogP contribution in [0.25, 0.3) is 0 Å². The van der Waals surface area contributed by atoms with Crippen LogP contribution in [-0.2, 0) is 14.3 Å². The minimum Gasteiger partial charge on any atom is -0.377 e. The van der Waals surface area contributed by atoms with Gasteiger partial charge in [0.05, 0.1) is 17.7 Å². The SMILES string of the molecule is CC1OCCC1(C)NC(=O)C1(N)C2CCCOC2C1(C)C. The Hall–Kier alpha value is -0.650. The van der Waals surface area contributed by atoms with Gasteiger partial charge in [0.1, 0.15) is 5.54 Å². The van der Waals surface area contributed by atoms with Crippen molar-refractivity contribution in [1.82, 2.24) is 5.32 Å². The summed E-state index contributed by atoms with van der Waals surface area (Å²) in [6, 6.07) is 0. The highest BCUT2D eigenvalue weighted by molar-refractivity contribution is 5.90. The van der Waals surface area contributed by atoms with E-state index in [-0.39, 0.29) is 35.0 Å². The summed E-state index contributed by atoms with van der Waals surface area (Å²) in [6.45, 7) is 9.63. The molecule has 0 aromatic heterocycles. The summed E-state index contributed by atoms with van der Waals surface area (Å²) in [4.78, 5) is 13.0. The van der Waals surface area contributed by atoms with Gasteiger partial charge in [0.15, 0.2) is 0 Å². The van der Waals surface area contributed by atoms with Crippen molar-refractivity contribution in [2.75, 3.05) is 13.2 Å². The van der Waals surface area contributed by atoms with E-state index in [1.165, 1.54) is 0 Å². The fourth-order valence-corrected chi connectivity index (χ4v) is 4.40. The zero-order valence-corrected chi connectivity index (χ0v) is 13.6. The molecule has 2 heterocycles. The molecule has 3 N–H and O–H groups in total. The summed E-state index contributed by atoms with van der Waals surface area (Å²) in [5.41, 5.74) is 5.13. The van der Waals surface area contributed by atoms with Gasteiger partial charge >= 0.3 is 0 Å². The number of fused-ring (bicyclic) bond motifs is 1. The molecule has 5 unspecified atom stereocenters. The second kappa shape index (κ2) is 4.67. The van der Waals surface area contributed by atoms with Gasteiger partial charge in [0.25, 0.3) is 0 Å². The molecule has 0 radical (unpaired) electrons. The Labute approximate surface area is 126 Å². The highest BCUT2D eigenvalue weighted by atomic mass is 16.5. The zero-order valence-electron chi connectivity index (χ0n) is 13.6. The maximum atomic E-state index is 13.0. The number of hydrogen-bond donors (Lipinski definition) is 2. The molecule has 0 aromatic carbocycles. The number of ether oxygens (including phenoxy) is 2. The lowest BCUT2D eigenvalue weighted by molar-refractivity contribution is -0.226. The predicted molar refractivity (Wildman–Crippen MR) is 79.7 cm³/mol. The van der Waals surface area contributed by atoms with E-state index in [0.29, 0.717) is 6.61 Å². The molecule has 2 aliphatic heterocycles. The van der Waals surface area contributed by atoms with Gasteiger partial charge in [0.2, 0.25) is 5.91 Å².